The van der Waals surface area contributed by atoms with Crippen molar-refractivity contribution in [3.8, 4) is 17.2 Å². The second-order valence-electron chi connectivity index (χ2n) is 8.77. The molecule has 0 amide bonds. The highest BCUT2D eigenvalue weighted by atomic mass is 16.5. The Balaban J connectivity index is 1.35. The molecule has 0 bridgehead atoms. The van der Waals surface area contributed by atoms with E-state index in [1.807, 2.05) is 87.2 Å². The summed E-state index contributed by atoms with van der Waals surface area (Å²) in [5, 5.41) is 4.32. The molecule has 0 spiro atoms. The van der Waals surface area contributed by atoms with E-state index in [0.717, 1.165) is 62.8 Å². The largest absolute Gasteiger partial charge is 0.492 e. The zero-order valence-corrected chi connectivity index (χ0v) is 20.3. The molecule has 35 heavy (non-hydrogen) atoms. The van der Waals surface area contributed by atoms with Crippen molar-refractivity contribution < 1.29 is 9.47 Å². The van der Waals surface area contributed by atoms with Crippen molar-refractivity contribution in [2.75, 3.05) is 32.6 Å². The highest BCUT2D eigenvalue weighted by Crippen LogP contribution is 2.31. The topological polar surface area (TPSA) is 77.3 Å². The summed E-state index contributed by atoms with van der Waals surface area (Å²) in [7, 11) is 6.03. The maximum absolute atomic E-state index is 6.15. The minimum atomic E-state index is 0.614. The third-order valence-corrected chi connectivity index (χ3v) is 5.78. The Morgan fingerprint density at radius 2 is 1.77 bits per heavy atom. The third-order valence-electron chi connectivity index (χ3n) is 5.78. The average molecular weight is 469 g/mol. The van der Waals surface area contributed by atoms with Crippen LogP contribution in [0.15, 0.2) is 67.3 Å². The molecule has 0 fully saturated rings. The van der Waals surface area contributed by atoms with Gasteiger partial charge in [0.05, 0.1) is 22.9 Å². The lowest BCUT2D eigenvalue weighted by Crippen LogP contribution is -2.19. The number of rotatable bonds is 8. The van der Waals surface area contributed by atoms with Crippen LogP contribution in [0.25, 0.3) is 21.9 Å². The van der Waals surface area contributed by atoms with Gasteiger partial charge >= 0.3 is 0 Å². The van der Waals surface area contributed by atoms with Crippen LogP contribution in [0.1, 0.15) is 5.56 Å². The van der Waals surface area contributed by atoms with Gasteiger partial charge in [0.15, 0.2) is 0 Å². The summed E-state index contributed by atoms with van der Waals surface area (Å²) in [6, 6.07) is 17.8. The molecule has 0 radical (unpaired) electrons. The molecular weight excluding hydrogens is 440 g/mol. The van der Waals surface area contributed by atoms with E-state index in [-0.39, 0.29) is 0 Å². The Morgan fingerprint density at radius 3 is 2.60 bits per heavy atom. The van der Waals surface area contributed by atoms with Gasteiger partial charge in [-0.2, -0.15) is 0 Å². The highest BCUT2D eigenvalue weighted by Gasteiger charge is 2.09. The van der Waals surface area contributed by atoms with Crippen LogP contribution in [0.5, 0.6) is 17.2 Å². The Bertz CT molecular complexity index is 1490. The van der Waals surface area contributed by atoms with E-state index in [0.29, 0.717) is 6.61 Å². The Hall–Kier alpha value is -4.17. The first-order chi connectivity index (χ1) is 17.0. The van der Waals surface area contributed by atoms with Crippen LogP contribution >= 0.6 is 0 Å². The number of aryl methyl sites for hydroxylation is 2. The van der Waals surface area contributed by atoms with E-state index in [9.17, 15) is 0 Å². The van der Waals surface area contributed by atoms with E-state index in [2.05, 4.69) is 25.2 Å². The molecule has 5 aromatic rings. The molecule has 2 aromatic heterocycles. The van der Waals surface area contributed by atoms with Crippen molar-refractivity contribution in [3.63, 3.8) is 0 Å². The van der Waals surface area contributed by atoms with Gasteiger partial charge in [-0.1, -0.05) is 0 Å². The molecule has 0 aliphatic rings. The molecule has 0 unspecified atom stereocenters. The molecule has 1 N–H and O–H groups in total. The number of hydrogen-bond acceptors (Lipinski definition) is 7. The van der Waals surface area contributed by atoms with Crippen molar-refractivity contribution in [1.29, 1.82) is 0 Å². The van der Waals surface area contributed by atoms with Crippen LogP contribution in [0.4, 0.5) is 11.5 Å². The number of anilines is 2. The number of aromatic nitrogens is 4. The SMILES string of the molecule is Cc1cc(Nc2ncnc3ccc(OCCN(C)C)cc23)ccc1Oc1ccc2c(c1)ncn2C. The summed E-state index contributed by atoms with van der Waals surface area (Å²) >= 11 is 0. The van der Waals surface area contributed by atoms with Gasteiger partial charge in [0.25, 0.3) is 0 Å². The summed E-state index contributed by atoms with van der Waals surface area (Å²) in [4.78, 5) is 15.4. The quantitative estimate of drug-likeness (QED) is 0.331. The van der Waals surface area contributed by atoms with E-state index < -0.39 is 0 Å². The molecule has 8 heteroatoms. The van der Waals surface area contributed by atoms with Crippen molar-refractivity contribution >= 4 is 33.4 Å². The molecule has 8 nitrogen and oxygen atoms in total. The standard InChI is InChI=1S/C27H28N6O2/c1-18-13-19(5-10-26(18)35-21-7-9-25-24(15-21)30-17-33(25)4)31-27-22-14-20(34-12-11-32(2)3)6-8-23(22)28-16-29-27/h5-10,13-17H,11-12H2,1-4H3,(H,28,29,31). The number of nitrogens with zero attached hydrogens (tertiary/aromatic N) is 5. The molecule has 0 saturated heterocycles. The van der Waals surface area contributed by atoms with Crippen LogP contribution in [0.2, 0.25) is 0 Å². The van der Waals surface area contributed by atoms with Gasteiger partial charge in [0.1, 0.15) is 36.0 Å². The maximum atomic E-state index is 6.15. The van der Waals surface area contributed by atoms with Crippen molar-refractivity contribution in [1.82, 2.24) is 24.4 Å². The fourth-order valence-electron chi connectivity index (χ4n) is 3.86. The Labute approximate surface area is 204 Å². The Kier molecular flexibility index (Phi) is 6.20. The molecule has 5 rings (SSSR count). The minimum Gasteiger partial charge on any atom is -0.492 e. The number of fused-ring (bicyclic) bond motifs is 2. The van der Waals surface area contributed by atoms with Crippen LogP contribution in [0, 0.1) is 6.92 Å². The molecular formula is C27H28N6O2. The van der Waals surface area contributed by atoms with Gasteiger partial charge in [0, 0.05) is 30.7 Å². The predicted molar refractivity (Wildman–Crippen MR) is 139 cm³/mol. The number of nitrogens with one attached hydrogen (secondary N) is 1. The van der Waals surface area contributed by atoms with Gasteiger partial charge in [-0.25, -0.2) is 15.0 Å². The Morgan fingerprint density at radius 1 is 0.914 bits per heavy atom. The molecule has 3 aromatic carbocycles. The minimum absolute atomic E-state index is 0.614. The maximum Gasteiger partial charge on any atom is 0.141 e. The normalized spacial score (nSPS) is 11.3. The summed E-state index contributed by atoms with van der Waals surface area (Å²) in [5.74, 6) is 3.06. The van der Waals surface area contributed by atoms with Crippen LogP contribution in [-0.4, -0.2) is 51.7 Å². The number of hydrogen-bond donors (Lipinski definition) is 1. The van der Waals surface area contributed by atoms with E-state index in [4.69, 9.17) is 9.47 Å². The van der Waals surface area contributed by atoms with Crippen LogP contribution in [-0.2, 0) is 7.05 Å². The predicted octanol–water partition coefficient (Wildman–Crippen LogP) is 5.30. The van der Waals surface area contributed by atoms with Gasteiger partial charge in [-0.3, -0.25) is 0 Å². The van der Waals surface area contributed by atoms with Crippen LogP contribution in [0.3, 0.4) is 0 Å². The highest BCUT2D eigenvalue weighted by molar-refractivity contribution is 5.91. The van der Waals surface area contributed by atoms with Crippen molar-refractivity contribution in [2.24, 2.45) is 7.05 Å². The number of likely N-dealkylation sites (N-methyl/N-ethyl adjacent to an activating group) is 1. The van der Waals surface area contributed by atoms with Crippen molar-refractivity contribution in [3.05, 3.63) is 72.8 Å². The number of ether oxygens (including phenoxy) is 2. The molecule has 178 valence electrons. The lowest BCUT2D eigenvalue weighted by molar-refractivity contribution is 0.261. The molecule has 0 atom stereocenters. The second kappa shape index (κ2) is 9.60. The van der Waals surface area contributed by atoms with E-state index in [1.165, 1.54) is 0 Å². The van der Waals surface area contributed by atoms with Crippen LogP contribution < -0.4 is 14.8 Å². The molecule has 0 aliphatic carbocycles. The van der Waals surface area contributed by atoms with Gasteiger partial charge in [0.2, 0.25) is 0 Å². The second-order valence-corrected chi connectivity index (χ2v) is 8.77. The summed E-state index contributed by atoms with van der Waals surface area (Å²) in [6.07, 6.45) is 3.37. The first-order valence-electron chi connectivity index (χ1n) is 11.5. The van der Waals surface area contributed by atoms with Gasteiger partial charge < -0.3 is 24.3 Å². The lowest BCUT2D eigenvalue weighted by atomic mass is 10.2. The number of benzene rings is 3. The third kappa shape index (κ3) is 5.02. The molecule has 0 saturated carbocycles. The summed E-state index contributed by atoms with van der Waals surface area (Å²) in [5.41, 5.74) is 4.73. The smallest absolute Gasteiger partial charge is 0.141 e. The summed E-state index contributed by atoms with van der Waals surface area (Å²) in [6.45, 7) is 3.48. The number of imidazole rings is 1. The van der Waals surface area contributed by atoms with E-state index in [1.54, 1.807) is 12.7 Å². The lowest BCUT2D eigenvalue weighted by Gasteiger charge is -2.14. The first kappa shape index (κ1) is 22.6. The van der Waals surface area contributed by atoms with Gasteiger partial charge in [-0.05, 0) is 75.1 Å². The zero-order valence-electron chi connectivity index (χ0n) is 20.3. The van der Waals surface area contributed by atoms with Gasteiger partial charge in [-0.15, -0.1) is 0 Å². The average Bonchev–Trinajstić information content (AvgIpc) is 3.21. The van der Waals surface area contributed by atoms with E-state index >= 15 is 0 Å². The molecule has 0 aliphatic heterocycles. The fourth-order valence-corrected chi connectivity index (χ4v) is 3.86. The molecule has 2 heterocycles. The monoisotopic (exact) mass is 468 g/mol. The van der Waals surface area contributed by atoms with Crippen molar-refractivity contribution in [2.45, 2.75) is 6.92 Å². The first-order valence-corrected chi connectivity index (χ1v) is 11.5. The summed E-state index contributed by atoms with van der Waals surface area (Å²) < 4.78 is 14.0. The zero-order chi connectivity index (χ0) is 24.4. The fraction of sp³-hybridized carbons (Fsp3) is 0.222.